The van der Waals surface area contributed by atoms with Crippen LogP contribution in [0.2, 0.25) is 0 Å². The van der Waals surface area contributed by atoms with Crippen LogP contribution < -0.4 is 5.73 Å². The SMILES string of the molecule is C=C1CCCc2cc(CCc3ccccc3N)ccc21. The molecule has 0 aliphatic heterocycles. The summed E-state index contributed by atoms with van der Waals surface area (Å²) in [6, 6.07) is 15.0. The molecule has 0 saturated carbocycles. The highest BCUT2D eigenvalue weighted by molar-refractivity contribution is 5.68. The van der Waals surface area contributed by atoms with Crippen molar-refractivity contribution in [1.82, 2.24) is 0 Å². The lowest BCUT2D eigenvalue weighted by atomic mass is 9.86. The predicted octanol–water partition coefficient (Wildman–Crippen LogP) is 4.40. The second kappa shape index (κ2) is 5.54. The van der Waals surface area contributed by atoms with E-state index in [2.05, 4.69) is 36.9 Å². The minimum Gasteiger partial charge on any atom is -0.399 e. The number of anilines is 1. The monoisotopic (exact) mass is 263 g/mol. The highest BCUT2D eigenvalue weighted by Crippen LogP contribution is 2.30. The maximum Gasteiger partial charge on any atom is 0.0346 e. The van der Waals surface area contributed by atoms with Crippen LogP contribution in [-0.2, 0) is 19.3 Å². The van der Waals surface area contributed by atoms with E-state index >= 15 is 0 Å². The summed E-state index contributed by atoms with van der Waals surface area (Å²) in [7, 11) is 0. The van der Waals surface area contributed by atoms with Crippen LogP contribution in [0.3, 0.4) is 0 Å². The normalized spacial score (nSPS) is 14.1. The maximum absolute atomic E-state index is 6.00. The third-order valence-corrected chi connectivity index (χ3v) is 4.21. The molecule has 0 unspecified atom stereocenters. The van der Waals surface area contributed by atoms with Crippen molar-refractivity contribution in [1.29, 1.82) is 0 Å². The van der Waals surface area contributed by atoms with Crippen LogP contribution >= 0.6 is 0 Å². The van der Waals surface area contributed by atoms with E-state index in [-0.39, 0.29) is 0 Å². The molecule has 0 heterocycles. The molecule has 3 rings (SSSR count). The van der Waals surface area contributed by atoms with Crippen LogP contribution in [0.15, 0.2) is 49.0 Å². The van der Waals surface area contributed by atoms with E-state index in [1.165, 1.54) is 40.7 Å². The summed E-state index contributed by atoms with van der Waals surface area (Å²) in [6.45, 7) is 4.17. The largest absolute Gasteiger partial charge is 0.399 e. The first-order chi connectivity index (χ1) is 9.74. The molecule has 1 aliphatic carbocycles. The molecule has 0 aromatic heterocycles. The zero-order valence-corrected chi connectivity index (χ0v) is 11.9. The summed E-state index contributed by atoms with van der Waals surface area (Å²) in [6.07, 6.45) is 5.63. The van der Waals surface area contributed by atoms with Gasteiger partial charge in [-0.3, -0.25) is 0 Å². The van der Waals surface area contributed by atoms with Crippen molar-refractivity contribution in [3.05, 3.63) is 71.3 Å². The number of para-hydroxylation sites is 1. The molecule has 1 nitrogen and oxygen atoms in total. The van der Waals surface area contributed by atoms with Gasteiger partial charge in [-0.2, -0.15) is 0 Å². The molecule has 2 aromatic rings. The van der Waals surface area contributed by atoms with Crippen LogP contribution in [-0.4, -0.2) is 0 Å². The smallest absolute Gasteiger partial charge is 0.0346 e. The lowest BCUT2D eigenvalue weighted by Gasteiger charge is -2.19. The van der Waals surface area contributed by atoms with Gasteiger partial charge in [-0.1, -0.05) is 43.0 Å². The fraction of sp³-hybridized carbons (Fsp3) is 0.263. The van der Waals surface area contributed by atoms with Gasteiger partial charge in [0.05, 0.1) is 0 Å². The van der Waals surface area contributed by atoms with Gasteiger partial charge in [0.1, 0.15) is 0 Å². The third-order valence-electron chi connectivity index (χ3n) is 4.21. The van der Waals surface area contributed by atoms with E-state index in [1.54, 1.807) is 0 Å². The minimum atomic E-state index is 0.902. The molecule has 2 N–H and O–H groups in total. The van der Waals surface area contributed by atoms with Crippen LogP contribution in [0.4, 0.5) is 5.69 Å². The zero-order chi connectivity index (χ0) is 13.9. The number of allylic oxidation sites excluding steroid dienone is 1. The van der Waals surface area contributed by atoms with Crippen molar-refractivity contribution >= 4 is 11.3 Å². The van der Waals surface area contributed by atoms with E-state index in [4.69, 9.17) is 5.73 Å². The van der Waals surface area contributed by atoms with Crippen molar-refractivity contribution in [2.45, 2.75) is 32.1 Å². The topological polar surface area (TPSA) is 26.0 Å². The number of hydrogen-bond donors (Lipinski definition) is 1. The van der Waals surface area contributed by atoms with Gasteiger partial charge in [-0.25, -0.2) is 0 Å². The lowest BCUT2D eigenvalue weighted by Crippen LogP contribution is -2.03. The summed E-state index contributed by atoms with van der Waals surface area (Å²) in [5.41, 5.74) is 13.7. The Morgan fingerprint density at radius 3 is 2.70 bits per heavy atom. The van der Waals surface area contributed by atoms with Gasteiger partial charge < -0.3 is 5.73 Å². The van der Waals surface area contributed by atoms with Crippen LogP contribution in [0, 0.1) is 0 Å². The van der Waals surface area contributed by atoms with Crippen molar-refractivity contribution in [2.24, 2.45) is 0 Å². The summed E-state index contributed by atoms with van der Waals surface area (Å²) >= 11 is 0. The maximum atomic E-state index is 6.00. The van der Waals surface area contributed by atoms with Gasteiger partial charge in [-0.05, 0) is 66.0 Å². The van der Waals surface area contributed by atoms with Crippen molar-refractivity contribution in [3.63, 3.8) is 0 Å². The fourth-order valence-corrected chi connectivity index (χ4v) is 3.02. The third kappa shape index (κ3) is 2.62. The number of fused-ring (bicyclic) bond motifs is 1. The van der Waals surface area contributed by atoms with Crippen molar-refractivity contribution in [3.8, 4) is 0 Å². The van der Waals surface area contributed by atoms with Gasteiger partial charge in [-0.15, -0.1) is 0 Å². The summed E-state index contributed by atoms with van der Waals surface area (Å²) in [4.78, 5) is 0. The average molecular weight is 263 g/mol. The van der Waals surface area contributed by atoms with E-state index in [9.17, 15) is 0 Å². The summed E-state index contributed by atoms with van der Waals surface area (Å²) in [5, 5.41) is 0. The van der Waals surface area contributed by atoms with Crippen LogP contribution in [0.25, 0.3) is 5.57 Å². The number of nitrogens with two attached hydrogens (primary N) is 1. The van der Waals surface area contributed by atoms with Gasteiger partial charge in [0, 0.05) is 5.69 Å². The molecule has 0 saturated heterocycles. The molecule has 0 atom stereocenters. The van der Waals surface area contributed by atoms with Crippen LogP contribution in [0.5, 0.6) is 0 Å². The number of aryl methyl sites for hydroxylation is 3. The molecular formula is C19H21N. The van der Waals surface area contributed by atoms with E-state index in [1.807, 2.05) is 12.1 Å². The molecule has 0 radical (unpaired) electrons. The molecule has 2 aromatic carbocycles. The first-order valence-corrected chi connectivity index (χ1v) is 7.37. The molecule has 0 amide bonds. The first kappa shape index (κ1) is 13.0. The second-order valence-corrected chi connectivity index (χ2v) is 5.65. The lowest BCUT2D eigenvalue weighted by molar-refractivity contribution is 0.819. The Kier molecular flexibility index (Phi) is 3.60. The summed E-state index contributed by atoms with van der Waals surface area (Å²) < 4.78 is 0. The minimum absolute atomic E-state index is 0.902. The Hall–Kier alpha value is -2.02. The molecule has 20 heavy (non-hydrogen) atoms. The number of rotatable bonds is 3. The average Bonchev–Trinajstić information content (AvgIpc) is 2.46. The van der Waals surface area contributed by atoms with Crippen LogP contribution in [0.1, 0.15) is 35.1 Å². The van der Waals surface area contributed by atoms with Gasteiger partial charge in [0.25, 0.3) is 0 Å². The highest BCUT2D eigenvalue weighted by Gasteiger charge is 2.12. The van der Waals surface area contributed by atoms with Crippen molar-refractivity contribution < 1.29 is 0 Å². The standard InChI is InChI=1S/C19H21N/c1-14-5-4-7-17-13-15(10-12-18(14)17)9-11-16-6-2-3-8-19(16)20/h2-3,6,8,10,12-13H,1,4-5,7,9,11,20H2. The second-order valence-electron chi connectivity index (χ2n) is 5.65. The molecule has 1 aliphatic rings. The molecule has 1 heteroatoms. The Morgan fingerprint density at radius 2 is 1.85 bits per heavy atom. The quantitative estimate of drug-likeness (QED) is 0.816. The molecule has 0 spiro atoms. The Bertz CT molecular complexity index is 640. The number of nitrogen functional groups attached to an aromatic ring is 1. The highest BCUT2D eigenvalue weighted by atomic mass is 14.6. The Labute approximate surface area is 121 Å². The Morgan fingerprint density at radius 1 is 1.00 bits per heavy atom. The zero-order valence-electron chi connectivity index (χ0n) is 11.9. The fourth-order valence-electron chi connectivity index (χ4n) is 3.02. The predicted molar refractivity (Wildman–Crippen MR) is 86.7 cm³/mol. The van der Waals surface area contributed by atoms with Gasteiger partial charge in [0.15, 0.2) is 0 Å². The van der Waals surface area contributed by atoms with Gasteiger partial charge in [0.2, 0.25) is 0 Å². The molecule has 0 bridgehead atoms. The molecule has 102 valence electrons. The molecular weight excluding hydrogens is 242 g/mol. The Balaban J connectivity index is 1.76. The van der Waals surface area contributed by atoms with Gasteiger partial charge >= 0.3 is 0 Å². The first-order valence-electron chi connectivity index (χ1n) is 7.37. The van der Waals surface area contributed by atoms with E-state index < -0.39 is 0 Å². The summed E-state index contributed by atoms with van der Waals surface area (Å²) in [5.74, 6) is 0. The number of hydrogen-bond acceptors (Lipinski definition) is 1. The van der Waals surface area contributed by atoms with Crippen molar-refractivity contribution in [2.75, 3.05) is 5.73 Å². The van der Waals surface area contributed by atoms with E-state index in [0.717, 1.165) is 24.9 Å². The molecule has 0 fully saturated rings. The number of benzene rings is 2. The van der Waals surface area contributed by atoms with E-state index in [0.29, 0.717) is 0 Å².